The molecule has 0 aliphatic carbocycles. The second kappa shape index (κ2) is 4.13. The summed E-state index contributed by atoms with van der Waals surface area (Å²) in [5.74, 6) is 0.567. The van der Waals surface area contributed by atoms with E-state index in [1.165, 1.54) is 6.08 Å². The highest BCUT2D eigenvalue weighted by atomic mass is 19.4. The summed E-state index contributed by atoms with van der Waals surface area (Å²) < 4.78 is 35.1. The summed E-state index contributed by atoms with van der Waals surface area (Å²) in [5, 5.41) is 0. The fourth-order valence-electron chi connectivity index (χ4n) is 0.861. The Balaban J connectivity index is 2.67. The van der Waals surface area contributed by atoms with Crippen molar-refractivity contribution in [3.8, 4) is 0 Å². The summed E-state index contributed by atoms with van der Waals surface area (Å²) in [7, 11) is 0. The fraction of sp³-hybridized carbons (Fsp3) is 0.222. The van der Waals surface area contributed by atoms with Crippen LogP contribution in [-0.2, 0) is 0 Å². The van der Waals surface area contributed by atoms with Crippen LogP contribution in [0.15, 0.2) is 30.6 Å². The van der Waals surface area contributed by atoms with Crippen LogP contribution in [0.3, 0.4) is 0 Å². The highest BCUT2D eigenvalue weighted by Crippen LogP contribution is 2.16. The van der Waals surface area contributed by atoms with E-state index in [2.05, 4.69) is 9.97 Å². The van der Waals surface area contributed by atoms with E-state index in [-0.39, 0.29) is 6.08 Å². The molecule has 0 spiro atoms. The first kappa shape index (κ1) is 10.6. The third-order valence-corrected chi connectivity index (χ3v) is 1.50. The summed E-state index contributed by atoms with van der Waals surface area (Å²) in [6.07, 6.45) is 1.38. The lowest BCUT2D eigenvalue weighted by molar-refractivity contribution is -0.0798. The highest BCUT2D eigenvalue weighted by Gasteiger charge is 2.21. The maximum absolute atomic E-state index is 11.7. The summed E-state index contributed by atoms with van der Waals surface area (Å²) in [6, 6.07) is 0. The zero-order valence-corrected chi connectivity index (χ0v) is 7.47. The van der Waals surface area contributed by atoms with Gasteiger partial charge >= 0.3 is 6.18 Å². The molecule has 0 saturated heterocycles. The van der Waals surface area contributed by atoms with Crippen molar-refractivity contribution in [1.82, 2.24) is 9.97 Å². The Morgan fingerprint density at radius 2 is 2.21 bits per heavy atom. The summed E-state index contributed by atoms with van der Waals surface area (Å²) >= 11 is 0. The van der Waals surface area contributed by atoms with Gasteiger partial charge in [-0.2, -0.15) is 13.2 Å². The van der Waals surface area contributed by atoms with Gasteiger partial charge in [-0.25, -0.2) is 4.98 Å². The van der Waals surface area contributed by atoms with Gasteiger partial charge in [0, 0.05) is 18.5 Å². The second-order valence-corrected chi connectivity index (χ2v) is 2.69. The monoisotopic (exact) mass is 202 g/mol. The van der Waals surface area contributed by atoms with Gasteiger partial charge in [-0.15, -0.1) is 0 Å². The van der Waals surface area contributed by atoms with Crippen molar-refractivity contribution in [1.29, 1.82) is 0 Å². The summed E-state index contributed by atoms with van der Waals surface area (Å²) in [4.78, 5) is 6.68. The van der Waals surface area contributed by atoms with Gasteiger partial charge in [-0.3, -0.25) is 0 Å². The number of nitrogens with zero attached hydrogens (tertiary/aromatic N) is 1. The van der Waals surface area contributed by atoms with Crippen molar-refractivity contribution in [2.24, 2.45) is 0 Å². The molecule has 2 nitrogen and oxygen atoms in total. The van der Waals surface area contributed by atoms with Crippen molar-refractivity contribution < 1.29 is 13.2 Å². The van der Waals surface area contributed by atoms with Gasteiger partial charge in [0.25, 0.3) is 0 Å². The Bertz CT molecular complexity index is 333. The molecule has 0 saturated carbocycles. The zero-order chi connectivity index (χ0) is 10.6. The van der Waals surface area contributed by atoms with Crippen molar-refractivity contribution in [3.63, 3.8) is 0 Å². The van der Waals surface area contributed by atoms with E-state index in [0.717, 1.165) is 6.08 Å². The van der Waals surface area contributed by atoms with Crippen LogP contribution in [0.4, 0.5) is 13.2 Å². The minimum Gasteiger partial charge on any atom is -0.345 e. The normalized spacial score (nSPS) is 13.9. The third kappa shape index (κ3) is 3.47. The van der Waals surface area contributed by atoms with E-state index in [4.69, 9.17) is 0 Å². The summed E-state index contributed by atoms with van der Waals surface area (Å²) in [5.41, 5.74) is 0.649. The van der Waals surface area contributed by atoms with Gasteiger partial charge in [0.15, 0.2) is 0 Å². The van der Waals surface area contributed by atoms with Gasteiger partial charge in [0.05, 0.1) is 0 Å². The van der Waals surface area contributed by atoms with Crippen molar-refractivity contribution >= 4 is 5.57 Å². The number of aromatic nitrogens is 2. The van der Waals surface area contributed by atoms with Crippen LogP contribution in [0.2, 0.25) is 0 Å². The Labute approximate surface area is 79.2 Å². The minimum atomic E-state index is -4.26. The van der Waals surface area contributed by atoms with Crippen molar-refractivity contribution in [2.45, 2.75) is 13.1 Å². The van der Waals surface area contributed by atoms with E-state index in [0.29, 0.717) is 11.4 Å². The van der Waals surface area contributed by atoms with Gasteiger partial charge in [-0.05, 0) is 12.5 Å². The Morgan fingerprint density at radius 3 is 2.71 bits per heavy atom. The number of hydrogen-bond donors (Lipinski definition) is 1. The van der Waals surface area contributed by atoms with Crippen LogP contribution in [0, 0.1) is 0 Å². The van der Waals surface area contributed by atoms with Crippen LogP contribution in [0.25, 0.3) is 5.57 Å². The number of imidazole rings is 1. The number of halogens is 3. The maximum atomic E-state index is 11.7. The maximum Gasteiger partial charge on any atom is 0.409 e. The molecule has 1 rings (SSSR count). The van der Waals surface area contributed by atoms with E-state index >= 15 is 0 Å². The van der Waals surface area contributed by atoms with Crippen LogP contribution in [0.1, 0.15) is 12.7 Å². The number of H-pyrrole nitrogens is 1. The third-order valence-electron chi connectivity index (χ3n) is 1.50. The lowest BCUT2D eigenvalue weighted by atomic mass is 10.2. The first-order valence-electron chi connectivity index (χ1n) is 3.91. The first-order valence-corrected chi connectivity index (χ1v) is 3.91. The first-order chi connectivity index (χ1) is 6.49. The van der Waals surface area contributed by atoms with E-state index in [9.17, 15) is 13.2 Å². The largest absolute Gasteiger partial charge is 0.409 e. The predicted octanol–water partition coefficient (Wildman–Crippen LogP) is 2.93. The molecular weight excluding hydrogens is 193 g/mol. The van der Waals surface area contributed by atoms with Crippen LogP contribution < -0.4 is 0 Å². The molecule has 1 N–H and O–H groups in total. The number of rotatable bonds is 2. The molecule has 1 heterocycles. The highest BCUT2D eigenvalue weighted by molar-refractivity contribution is 5.59. The predicted molar refractivity (Wildman–Crippen MR) is 47.4 cm³/mol. The van der Waals surface area contributed by atoms with Gasteiger partial charge in [0.1, 0.15) is 5.82 Å². The number of allylic oxidation sites excluding steroid dienone is 4. The van der Waals surface area contributed by atoms with Gasteiger partial charge < -0.3 is 4.98 Å². The van der Waals surface area contributed by atoms with E-state index < -0.39 is 6.18 Å². The Hall–Kier alpha value is -1.52. The molecule has 0 atom stereocenters. The molecule has 0 unspecified atom stereocenters. The molecule has 0 aliphatic rings. The zero-order valence-electron chi connectivity index (χ0n) is 7.47. The molecule has 14 heavy (non-hydrogen) atoms. The molecule has 0 radical (unpaired) electrons. The molecule has 1 aromatic rings. The molecule has 0 fully saturated rings. The number of alkyl halides is 3. The Kier molecular flexibility index (Phi) is 3.11. The van der Waals surface area contributed by atoms with E-state index in [1.807, 2.05) is 0 Å². The number of nitrogens with one attached hydrogen (secondary N) is 1. The SMILES string of the molecule is C/C(=C\C=C\C(F)(F)F)c1ncc[nH]1. The van der Waals surface area contributed by atoms with Gasteiger partial charge in [0.2, 0.25) is 0 Å². The van der Waals surface area contributed by atoms with Gasteiger partial charge in [-0.1, -0.05) is 12.2 Å². The fourth-order valence-corrected chi connectivity index (χ4v) is 0.861. The van der Waals surface area contributed by atoms with E-state index in [1.54, 1.807) is 19.3 Å². The average molecular weight is 202 g/mol. The smallest absolute Gasteiger partial charge is 0.345 e. The molecule has 0 aliphatic heterocycles. The average Bonchev–Trinajstić information content (AvgIpc) is 2.53. The minimum absolute atomic E-state index is 0.180. The van der Waals surface area contributed by atoms with Crippen LogP contribution >= 0.6 is 0 Å². The molecular formula is C9H9F3N2. The standard InChI is InChI=1S/C9H9F3N2/c1-7(8-13-5-6-14-8)3-2-4-9(10,11)12/h2-6H,1H3,(H,13,14)/b4-2+,7-3+. The van der Waals surface area contributed by atoms with Crippen LogP contribution in [0.5, 0.6) is 0 Å². The van der Waals surface area contributed by atoms with Crippen LogP contribution in [-0.4, -0.2) is 16.1 Å². The molecule has 0 bridgehead atoms. The molecule has 5 heteroatoms. The molecule has 0 aromatic carbocycles. The summed E-state index contributed by atoms with van der Waals surface area (Å²) in [6.45, 7) is 1.68. The number of aromatic amines is 1. The lowest BCUT2D eigenvalue weighted by Gasteiger charge is -1.96. The molecule has 1 aromatic heterocycles. The molecule has 76 valence electrons. The number of hydrogen-bond acceptors (Lipinski definition) is 1. The lowest BCUT2D eigenvalue weighted by Crippen LogP contribution is -1.99. The molecule has 0 amide bonds. The van der Waals surface area contributed by atoms with Crippen molar-refractivity contribution in [3.05, 3.63) is 36.4 Å². The topological polar surface area (TPSA) is 28.7 Å². The Morgan fingerprint density at radius 1 is 1.50 bits per heavy atom. The quantitative estimate of drug-likeness (QED) is 0.734. The van der Waals surface area contributed by atoms with Crippen molar-refractivity contribution in [2.75, 3.05) is 0 Å². The second-order valence-electron chi connectivity index (χ2n) is 2.69.